The average molecular weight is 269 g/mol. The number of aromatic nitrogens is 2. The van der Waals surface area contributed by atoms with E-state index >= 15 is 0 Å². The van der Waals surface area contributed by atoms with Gasteiger partial charge in [-0.3, -0.25) is 4.68 Å². The zero-order chi connectivity index (χ0) is 13.1. The Labute approximate surface area is 108 Å². The lowest BCUT2D eigenvalue weighted by Gasteiger charge is -1.99. The molecule has 0 unspecified atom stereocenters. The Morgan fingerprint density at radius 2 is 2.06 bits per heavy atom. The molecule has 0 amide bonds. The van der Waals surface area contributed by atoms with Gasteiger partial charge in [0.05, 0.1) is 12.2 Å². The van der Waals surface area contributed by atoms with Gasteiger partial charge in [0.2, 0.25) is 0 Å². The average Bonchev–Trinajstić information content (AvgIpc) is 2.75. The molecular formula is C12H10ClFN2O2. The van der Waals surface area contributed by atoms with Crippen LogP contribution in [0, 0.1) is 5.82 Å². The van der Waals surface area contributed by atoms with E-state index in [0.717, 1.165) is 0 Å². The number of hydrogen-bond donors (Lipinski definition) is 1. The molecule has 18 heavy (non-hydrogen) atoms. The van der Waals surface area contributed by atoms with Crippen LogP contribution in [0.2, 0.25) is 0 Å². The second kappa shape index (κ2) is 5.18. The van der Waals surface area contributed by atoms with Gasteiger partial charge in [0.25, 0.3) is 0 Å². The molecule has 6 heteroatoms. The van der Waals surface area contributed by atoms with Crippen molar-refractivity contribution < 1.29 is 14.3 Å². The third kappa shape index (κ3) is 2.51. The number of alkyl halides is 1. The summed E-state index contributed by atoms with van der Waals surface area (Å²) in [5.41, 5.74) is 1.21. The summed E-state index contributed by atoms with van der Waals surface area (Å²) in [5, 5.41) is 13.2. The van der Waals surface area contributed by atoms with Gasteiger partial charge in [-0.05, 0) is 30.3 Å². The van der Waals surface area contributed by atoms with Crippen LogP contribution < -0.4 is 0 Å². The van der Waals surface area contributed by atoms with Gasteiger partial charge in [-0.1, -0.05) is 0 Å². The molecule has 1 N–H and O–H groups in total. The minimum atomic E-state index is -1.07. The maximum absolute atomic E-state index is 12.8. The SMILES string of the molecule is O=C(O)c1cc(-c2ccc(F)cc2)nn1CCCl. The second-order valence-corrected chi connectivity index (χ2v) is 4.02. The van der Waals surface area contributed by atoms with E-state index in [1.807, 2.05) is 0 Å². The van der Waals surface area contributed by atoms with Crippen molar-refractivity contribution >= 4 is 17.6 Å². The Morgan fingerprint density at radius 1 is 1.39 bits per heavy atom. The number of aromatic carboxylic acids is 1. The van der Waals surface area contributed by atoms with Crippen molar-refractivity contribution in [3.05, 3.63) is 41.8 Å². The minimum absolute atomic E-state index is 0.0648. The van der Waals surface area contributed by atoms with Crippen LogP contribution in [0.5, 0.6) is 0 Å². The maximum Gasteiger partial charge on any atom is 0.354 e. The molecule has 0 spiro atoms. The summed E-state index contributed by atoms with van der Waals surface area (Å²) in [5.74, 6) is -1.15. The molecule has 0 aliphatic carbocycles. The summed E-state index contributed by atoms with van der Waals surface area (Å²) in [6.45, 7) is 0.310. The van der Waals surface area contributed by atoms with Crippen LogP contribution in [-0.4, -0.2) is 26.7 Å². The molecule has 0 bridgehead atoms. The van der Waals surface area contributed by atoms with Gasteiger partial charge in [0.15, 0.2) is 0 Å². The quantitative estimate of drug-likeness (QED) is 0.867. The Balaban J connectivity index is 2.42. The van der Waals surface area contributed by atoms with Crippen LogP contribution in [0.4, 0.5) is 4.39 Å². The minimum Gasteiger partial charge on any atom is -0.477 e. The zero-order valence-corrected chi connectivity index (χ0v) is 10.1. The number of nitrogens with zero attached hydrogens (tertiary/aromatic N) is 2. The van der Waals surface area contributed by atoms with Gasteiger partial charge in [-0.25, -0.2) is 9.18 Å². The predicted molar refractivity (Wildman–Crippen MR) is 65.3 cm³/mol. The van der Waals surface area contributed by atoms with Gasteiger partial charge < -0.3 is 5.11 Å². The molecule has 94 valence electrons. The molecule has 4 nitrogen and oxygen atoms in total. The number of carboxylic acid groups (broad SMARTS) is 1. The number of rotatable bonds is 4. The van der Waals surface area contributed by atoms with Crippen molar-refractivity contribution in [3.63, 3.8) is 0 Å². The number of aryl methyl sites for hydroxylation is 1. The second-order valence-electron chi connectivity index (χ2n) is 3.64. The molecule has 0 radical (unpaired) electrons. The van der Waals surface area contributed by atoms with Crippen LogP contribution in [0.3, 0.4) is 0 Å². The number of halogens is 2. The third-order valence-corrected chi connectivity index (χ3v) is 2.60. The van der Waals surface area contributed by atoms with Crippen molar-refractivity contribution in [3.8, 4) is 11.3 Å². The molecule has 2 rings (SSSR count). The largest absolute Gasteiger partial charge is 0.477 e. The Morgan fingerprint density at radius 3 is 2.61 bits per heavy atom. The molecule has 1 aromatic carbocycles. The lowest BCUT2D eigenvalue weighted by Crippen LogP contribution is -2.10. The first-order valence-corrected chi connectivity index (χ1v) is 5.78. The molecule has 0 saturated carbocycles. The van der Waals surface area contributed by atoms with Gasteiger partial charge in [-0.15, -0.1) is 11.6 Å². The molecule has 1 heterocycles. The van der Waals surface area contributed by atoms with Gasteiger partial charge in [-0.2, -0.15) is 5.10 Å². The summed E-state index contributed by atoms with van der Waals surface area (Å²) in [7, 11) is 0. The number of carboxylic acids is 1. The first-order chi connectivity index (χ1) is 8.61. The van der Waals surface area contributed by atoms with Crippen LogP contribution in [0.15, 0.2) is 30.3 Å². The summed E-state index contributed by atoms with van der Waals surface area (Å²) in [6, 6.07) is 7.15. The monoisotopic (exact) mass is 268 g/mol. The number of carbonyl (C=O) groups is 1. The van der Waals surface area contributed by atoms with Gasteiger partial charge in [0, 0.05) is 11.4 Å². The highest BCUT2D eigenvalue weighted by molar-refractivity contribution is 6.17. The molecule has 0 aliphatic heterocycles. The van der Waals surface area contributed by atoms with E-state index in [9.17, 15) is 9.18 Å². The summed E-state index contributed by atoms with van der Waals surface area (Å²) in [4.78, 5) is 11.0. The van der Waals surface area contributed by atoms with Crippen LogP contribution in [0.1, 0.15) is 10.5 Å². The summed E-state index contributed by atoms with van der Waals surface area (Å²) >= 11 is 5.59. The fourth-order valence-corrected chi connectivity index (χ4v) is 1.76. The molecule has 1 aromatic heterocycles. The first-order valence-electron chi connectivity index (χ1n) is 5.25. The van der Waals surface area contributed by atoms with Gasteiger partial charge in [0.1, 0.15) is 11.5 Å². The lowest BCUT2D eigenvalue weighted by atomic mass is 10.1. The third-order valence-electron chi connectivity index (χ3n) is 2.44. The Bertz CT molecular complexity index is 566. The normalized spacial score (nSPS) is 10.6. The van der Waals surface area contributed by atoms with Crippen LogP contribution in [-0.2, 0) is 6.54 Å². The molecule has 0 atom stereocenters. The van der Waals surface area contributed by atoms with Crippen LogP contribution in [0.25, 0.3) is 11.3 Å². The number of benzene rings is 1. The molecule has 0 aliphatic rings. The predicted octanol–water partition coefficient (Wildman–Crippen LogP) is 2.63. The van der Waals surface area contributed by atoms with E-state index in [0.29, 0.717) is 17.8 Å². The highest BCUT2D eigenvalue weighted by Gasteiger charge is 2.14. The molecular weight excluding hydrogens is 259 g/mol. The maximum atomic E-state index is 12.8. The van der Waals surface area contributed by atoms with E-state index in [4.69, 9.17) is 16.7 Å². The van der Waals surface area contributed by atoms with E-state index in [1.54, 1.807) is 12.1 Å². The van der Waals surface area contributed by atoms with Crippen molar-refractivity contribution in [2.75, 3.05) is 5.88 Å². The van der Waals surface area contributed by atoms with Crippen molar-refractivity contribution in [1.29, 1.82) is 0 Å². The van der Waals surface area contributed by atoms with Crippen molar-refractivity contribution in [2.24, 2.45) is 0 Å². The van der Waals surface area contributed by atoms with E-state index in [-0.39, 0.29) is 17.4 Å². The number of hydrogen-bond acceptors (Lipinski definition) is 2. The molecule has 0 fully saturated rings. The van der Waals surface area contributed by atoms with E-state index in [2.05, 4.69) is 5.10 Å². The van der Waals surface area contributed by atoms with Gasteiger partial charge >= 0.3 is 5.97 Å². The lowest BCUT2D eigenvalue weighted by molar-refractivity contribution is 0.0683. The Kier molecular flexibility index (Phi) is 3.62. The highest BCUT2D eigenvalue weighted by Crippen LogP contribution is 2.19. The fourth-order valence-electron chi connectivity index (χ4n) is 1.60. The smallest absolute Gasteiger partial charge is 0.354 e. The van der Waals surface area contributed by atoms with E-state index in [1.165, 1.54) is 22.9 Å². The summed E-state index contributed by atoms with van der Waals surface area (Å²) in [6.07, 6.45) is 0. The van der Waals surface area contributed by atoms with Crippen LogP contribution >= 0.6 is 11.6 Å². The molecule has 2 aromatic rings. The highest BCUT2D eigenvalue weighted by atomic mass is 35.5. The van der Waals surface area contributed by atoms with Crippen molar-refractivity contribution in [1.82, 2.24) is 9.78 Å². The Hall–Kier alpha value is -1.88. The standard InChI is InChI=1S/C12H10ClFN2O2/c13-5-6-16-11(12(17)18)7-10(15-16)8-1-3-9(14)4-2-8/h1-4,7H,5-6H2,(H,17,18). The van der Waals surface area contributed by atoms with Crippen molar-refractivity contribution in [2.45, 2.75) is 6.54 Å². The fraction of sp³-hybridized carbons (Fsp3) is 0.167. The van der Waals surface area contributed by atoms with E-state index < -0.39 is 5.97 Å². The molecule has 0 saturated heterocycles. The summed E-state index contributed by atoms with van der Waals surface area (Å²) < 4.78 is 14.1. The zero-order valence-electron chi connectivity index (χ0n) is 9.31. The first kappa shape index (κ1) is 12.6. The topological polar surface area (TPSA) is 55.1 Å².